The molecule has 0 bridgehead atoms. The van der Waals surface area contributed by atoms with Crippen LogP contribution in [0.5, 0.6) is 11.5 Å². The highest BCUT2D eigenvalue weighted by molar-refractivity contribution is 7.91. The van der Waals surface area contributed by atoms with Gasteiger partial charge < -0.3 is 14.8 Å². The summed E-state index contributed by atoms with van der Waals surface area (Å²) in [6.07, 6.45) is -0.121. The van der Waals surface area contributed by atoms with Crippen molar-refractivity contribution in [2.75, 3.05) is 24.3 Å². The molecule has 0 radical (unpaired) electrons. The van der Waals surface area contributed by atoms with Gasteiger partial charge in [-0.15, -0.1) is 0 Å². The van der Waals surface area contributed by atoms with Crippen molar-refractivity contribution in [3.8, 4) is 11.5 Å². The van der Waals surface area contributed by atoms with Crippen LogP contribution in [0.25, 0.3) is 0 Å². The van der Waals surface area contributed by atoms with Gasteiger partial charge in [0.05, 0.1) is 10.6 Å². The number of sulfone groups is 1. The van der Waals surface area contributed by atoms with E-state index in [1.807, 2.05) is 32.0 Å². The van der Waals surface area contributed by atoms with Gasteiger partial charge >= 0.3 is 0 Å². The molecule has 0 fully saturated rings. The van der Waals surface area contributed by atoms with E-state index in [-0.39, 0.29) is 23.0 Å². The zero-order valence-corrected chi connectivity index (χ0v) is 15.6. The number of carbonyl (C=O) groups is 1. The summed E-state index contributed by atoms with van der Waals surface area (Å²) in [5.41, 5.74) is 2.73. The minimum absolute atomic E-state index is 0.121. The fourth-order valence-electron chi connectivity index (χ4n) is 2.83. The monoisotopic (exact) mass is 375 g/mol. The summed E-state index contributed by atoms with van der Waals surface area (Å²) in [6, 6.07) is 10.2. The van der Waals surface area contributed by atoms with Crippen LogP contribution in [-0.2, 0) is 14.6 Å². The Balaban J connectivity index is 1.65. The second-order valence-corrected chi connectivity index (χ2v) is 8.41. The maximum atomic E-state index is 12.5. The highest BCUT2D eigenvalue weighted by Crippen LogP contribution is 2.32. The van der Waals surface area contributed by atoms with E-state index >= 15 is 0 Å². The van der Waals surface area contributed by atoms with Crippen LogP contribution < -0.4 is 14.8 Å². The van der Waals surface area contributed by atoms with Gasteiger partial charge in [-0.05, 0) is 49.2 Å². The number of hydrogen-bond donors (Lipinski definition) is 1. The zero-order chi connectivity index (χ0) is 18.7. The third kappa shape index (κ3) is 4.35. The molecular formula is C19H21NO5S. The number of ether oxygens (including phenoxy) is 2. The lowest BCUT2D eigenvalue weighted by molar-refractivity contribution is -0.115. The number of anilines is 1. The van der Waals surface area contributed by atoms with Crippen molar-refractivity contribution in [3.63, 3.8) is 0 Å². The van der Waals surface area contributed by atoms with Crippen LogP contribution >= 0.6 is 0 Å². The number of amides is 1. The fourth-order valence-corrected chi connectivity index (χ4v) is 4.08. The summed E-state index contributed by atoms with van der Waals surface area (Å²) in [5, 5.41) is 2.75. The molecule has 0 unspecified atom stereocenters. The first kappa shape index (κ1) is 18.3. The third-order valence-corrected chi connectivity index (χ3v) is 5.69. The van der Waals surface area contributed by atoms with Gasteiger partial charge in [-0.2, -0.15) is 0 Å². The molecule has 0 spiro atoms. The van der Waals surface area contributed by atoms with E-state index in [0.717, 1.165) is 11.1 Å². The van der Waals surface area contributed by atoms with E-state index in [0.29, 0.717) is 30.4 Å². The molecule has 7 heteroatoms. The maximum absolute atomic E-state index is 12.5. The van der Waals surface area contributed by atoms with E-state index < -0.39 is 9.84 Å². The van der Waals surface area contributed by atoms with E-state index in [1.54, 1.807) is 6.07 Å². The van der Waals surface area contributed by atoms with Crippen LogP contribution in [-0.4, -0.2) is 33.3 Å². The number of fused-ring (bicyclic) bond motifs is 1. The van der Waals surface area contributed by atoms with Gasteiger partial charge in [0.15, 0.2) is 21.3 Å². The van der Waals surface area contributed by atoms with Crippen molar-refractivity contribution < 1.29 is 22.7 Å². The van der Waals surface area contributed by atoms with E-state index in [9.17, 15) is 13.2 Å². The van der Waals surface area contributed by atoms with Crippen LogP contribution in [0.4, 0.5) is 5.69 Å². The molecule has 0 atom stereocenters. The largest absolute Gasteiger partial charge is 0.486 e. The van der Waals surface area contributed by atoms with Crippen LogP contribution in [0.15, 0.2) is 41.3 Å². The Morgan fingerprint density at radius 3 is 2.35 bits per heavy atom. The number of benzene rings is 2. The molecule has 1 aliphatic rings. The van der Waals surface area contributed by atoms with Gasteiger partial charge in [0.1, 0.15) is 13.2 Å². The average molecular weight is 375 g/mol. The van der Waals surface area contributed by atoms with Crippen molar-refractivity contribution in [1.82, 2.24) is 0 Å². The summed E-state index contributed by atoms with van der Waals surface area (Å²) >= 11 is 0. The first-order valence-electron chi connectivity index (χ1n) is 8.34. The Morgan fingerprint density at radius 1 is 1.00 bits per heavy atom. The molecule has 138 valence electrons. The van der Waals surface area contributed by atoms with Gasteiger partial charge in [0, 0.05) is 18.2 Å². The minimum atomic E-state index is -3.59. The normalized spacial score (nSPS) is 13.3. The molecule has 2 aromatic rings. The van der Waals surface area contributed by atoms with Crippen LogP contribution in [0.1, 0.15) is 17.5 Å². The van der Waals surface area contributed by atoms with Crippen LogP contribution in [0.2, 0.25) is 0 Å². The second-order valence-electron chi connectivity index (χ2n) is 6.30. The molecule has 1 heterocycles. The predicted octanol–water partition coefficient (Wildman–Crippen LogP) is 2.88. The van der Waals surface area contributed by atoms with Gasteiger partial charge in [0.25, 0.3) is 0 Å². The lowest BCUT2D eigenvalue weighted by atomic mass is 10.1. The molecule has 0 aromatic heterocycles. The van der Waals surface area contributed by atoms with Gasteiger partial charge in [-0.1, -0.05) is 6.07 Å². The first-order chi connectivity index (χ1) is 12.3. The van der Waals surface area contributed by atoms with Crippen LogP contribution in [0.3, 0.4) is 0 Å². The smallest absolute Gasteiger partial charge is 0.225 e. The topological polar surface area (TPSA) is 81.7 Å². The molecule has 1 aliphatic heterocycles. The molecule has 1 amide bonds. The van der Waals surface area contributed by atoms with Gasteiger partial charge in [-0.3, -0.25) is 4.79 Å². The average Bonchev–Trinajstić information content (AvgIpc) is 2.59. The lowest BCUT2D eigenvalue weighted by Crippen LogP contribution is -2.18. The van der Waals surface area contributed by atoms with E-state index in [1.165, 1.54) is 12.1 Å². The zero-order valence-electron chi connectivity index (χ0n) is 14.7. The van der Waals surface area contributed by atoms with E-state index in [2.05, 4.69) is 5.32 Å². The summed E-state index contributed by atoms with van der Waals surface area (Å²) in [7, 11) is -3.59. The van der Waals surface area contributed by atoms with E-state index in [4.69, 9.17) is 9.47 Å². The predicted molar refractivity (Wildman–Crippen MR) is 98.6 cm³/mol. The Kier molecular flexibility index (Phi) is 5.18. The molecule has 6 nitrogen and oxygen atoms in total. The van der Waals surface area contributed by atoms with Crippen molar-refractivity contribution in [2.45, 2.75) is 25.2 Å². The fraction of sp³-hybridized carbons (Fsp3) is 0.316. The van der Waals surface area contributed by atoms with Crippen LogP contribution in [0, 0.1) is 13.8 Å². The number of hydrogen-bond acceptors (Lipinski definition) is 5. The highest BCUT2D eigenvalue weighted by atomic mass is 32.2. The molecule has 26 heavy (non-hydrogen) atoms. The first-order valence-corrected chi connectivity index (χ1v) is 9.99. The highest BCUT2D eigenvalue weighted by Gasteiger charge is 2.20. The Morgan fingerprint density at radius 2 is 1.65 bits per heavy atom. The van der Waals surface area contributed by atoms with Crippen molar-refractivity contribution in [1.29, 1.82) is 0 Å². The molecule has 0 saturated heterocycles. The Hall–Kier alpha value is -2.54. The van der Waals surface area contributed by atoms with Gasteiger partial charge in [-0.25, -0.2) is 8.42 Å². The van der Waals surface area contributed by atoms with Crippen molar-refractivity contribution in [3.05, 3.63) is 47.5 Å². The number of aryl methyl sites for hydroxylation is 2. The Labute approximate surface area is 153 Å². The number of carbonyl (C=O) groups excluding carboxylic acids is 1. The number of rotatable bonds is 5. The molecule has 0 saturated carbocycles. The van der Waals surface area contributed by atoms with Crippen molar-refractivity contribution >= 4 is 21.4 Å². The standard InChI is InChI=1S/C19H21NO5S/c1-13-9-14(2)11-15(10-13)20-19(21)5-8-26(22,23)16-3-4-17-18(12-16)25-7-6-24-17/h3-4,9-12H,5-8H2,1-2H3,(H,20,21). The summed E-state index contributed by atoms with van der Waals surface area (Å²) in [6.45, 7) is 4.70. The molecule has 1 N–H and O–H groups in total. The summed E-state index contributed by atoms with van der Waals surface area (Å²) < 4.78 is 35.8. The Bertz CT molecular complexity index is 917. The second kappa shape index (κ2) is 7.37. The summed E-state index contributed by atoms with van der Waals surface area (Å²) in [5.74, 6) is 0.333. The lowest BCUT2D eigenvalue weighted by Gasteiger charge is -2.18. The quantitative estimate of drug-likeness (QED) is 0.869. The maximum Gasteiger partial charge on any atom is 0.225 e. The SMILES string of the molecule is Cc1cc(C)cc(NC(=O)CCS(=O)(=O)c2ccc3c(c2)OCCO3)c1. The molecule has 2 aromatic carbocycles. The van der Waals surface area contributed by atoms with Crippen molar-refractivity contribution in [2.24, 2.45) is 0 Å². The van der Waals surface area contributed by atoms with Gasteiger partial charge in [0.2, 0.25) is 5.91 Å². The minimum Gasteiger partial charge on any atom is -0.486 e. The summed E-state index contributed by atoms with van der Waals surface area (Å²) in [4.78, 5) is 12.3. The third-order valence-electron chi connectivity index (χ3n) is 3.98. The molecule has 3 rings (SSSR count). The number of nitrogens with one attached hydrogen (secondary N) is 1. The molecule has 0 aliphatic carbocycles. The molecular weight excluding hydrogens is 354 g/mol.